The van der Waals surface area contributed by atoms with Gasteiger partial charge in [-0.1, -0.05) is 17.7 Å². The van der Waals surface area contributed by atoms with Gasteiger partial charge in [0.15, 0.2) is 0 Å². The lowest BCUT2D eigenvalue weighted by Crippen LogP contribution is -2.17. The Morgan fingerprint density at radius 1 is 1.03 bits per heavy atom. The number of amides is 1. The molecule has 3 aromatic rings. The molecule has 0 atom stereocenters. The van der Waals surface area contributed by atoms with E-state index in [1.807, 2.05) is 13.0 Å². The maximum absolute atomic E-state index is 12.3. The number of benzene rings is 3. The van der Waals surface area contributed by atoms with Crippen LogP contribution in [0.25, 0.3) is 0 Å². The molecule has 32 heavy (non-hydrogen) atoms. The first-order valence-electron chi connectivity index (χ1n) is 9.42. The van der Waals surface area contributed by atoms with Crippen molar-refractivity contribution < 1.29 is 24.0 Å². The molecule has 0 radical (unpaired) electrons. The first-order chi connectivity index (χ1) is 15.4. The van der Waals surface area contributed by atoms with E-state index in [2.05, 4.69) is 10.5 Å². The molecule has 0 fully saturated rings. The van der Waals surface area contributed by atoms with Crippen LogP contribution in [0.3, 0.4) is 0 Å². The number of esters is 1. The van der Waals surface area contributed by atoms with Crippen molar-refractivity contribution in [1.82, 2.24) is 5.43 Å². The van der Waals surface area contributed by atoms with Gasteiger partial charge in [-0.05, 0) is 55.5 Å². The van der Waals surface area contributed by atoms with E-state index < -0.39 is 22.5 Å². The topological polar surface area (TPSA) is 120 Å². The Balaban J connectivity index is 1.71. The van der Waals surface area contributed by atoms with Crippen LogP contribution in [0.1, 0.15) is 31.8 Å². The predicted molar refractivity (Wildman–Crippen MR) is 117 cm³/mol. The molecular weight excluding hydrogens is 414 g/mol. The number of rotatable bonds is 7. The smallest absolute Gasteiger partial charge is 0.343 e. The number of aryl methyl sites for hydroxylation is 1. The van der Waals surface area contributed by atoms with Crippen molar-refractivity contribution in [1.29, 1.82) is 0 Å². The third kappa shape index (κ3) is 5.54. The van der Waals surface area contributed by atoms with Crippen LogP contribution in [-0.2, 0) is 0 Å². The molecule has 0 bridgehead atoms. The molecule has 9 heteroatoms. The van der Waals surface area contributed by atoms with E-state index in [9.17, 15) is 19.7 Å². The fourth-order valence-electron chi connectivity index (χ4n) is 2.75. The van der Waals surface area contributed by atoms with Crippen LogP contribution in [0.5, 0.6) is 11.5 Å². The lowest BCUT2D eigenvalue weighted by Gasteiger charge is -2.06. The average molecular weight is 433 g/mol. The van der Waals surface area contributed by atoms with Crippen molar-refractivity contribution in [2.45, 2.75) is 6.92 Å². The van der Waals surface area contributed by atoms with Gasteiger partial charge in [-0.15, -0.1) is 0 Å². The van der Waals surface area contributed by atoms with Gasteiger partial charge in [0.05, 0.1) is 23.8 Å². The molecule has 162 valence electrons. The number of nitrogens with zero attached hydrogens (tertiary/aromatic N) is 2. The second kappa shape index (κ2) is 9.98. The van der Waals surface area contributed by atoms with Gasteiger partial charge in [0.25, 0.3) is 5.91 Å². The zero-order valence-electron chi connectivity index (χ0n) is 17.3. The summed E-state index contributed by atoms with van der Waals surface area (Å²) in [5.74, 6) is -0.742. The van der Waals surface area contributed by atoms with Gasteiger partial charge in [0.2, 0.25) is 5.75 Å². The molecule has 0 aliphatic heterocycles. The highest BCUT2D eigenvalue weighted by Gasteiger charge is 2.19. The number of hydrogen-bond donors (Lipinski definition) is 1. The van der Waals surface area contributed by atoms with E-state index in [1.54, 1.807) is 42.5 Å². The number of nitrogens with one attached hydrogen (secondary N) is 1. The van der Waals surface area contributed by atoms with Crippen LogP contribution < -0.4 is 14.9 Å². The Bertz CT molecular complexity index is 1190. The summed E-state index contributed by atoms with van der Waals surface area (Å²) in [6, 6.07) is 17.1. The molecule has 0 saturated carbocycles. The summed E-state index contributed by atoms with van der Waals surface area (Å²) in [5, 5.41) is 15.3. The Morgan fingerprint density at radius 3 is 2.44 bits per heavy atom. The van der Waals surface area contributed by atoms with Gasteiger partial charge >= 0.3 is 11.7 Å². The molecule has 1 amide bonds. The van der Waals surface area contributed by atoms with Gasteiger partial charge in [-0.3, -0.25) is 14.9 Å². The molecule has 3 aromatic carbocycles. The molecule has 0 saturated heterocycles. The number of carbonyl (C=O) groups is 2. The average Bonchev–Trinajstić information content (AvgIpc) is 2.79. The number of methoxy groups -OCH3 is 1. The zero-order chi connectivity index (χ0) is 23.1. The van der Waals surface area contributed by atoms with Gasteiger partial charge in [0.1, 0.15) is 5.75 Å². The van der Waals surface area contributed by atoms with Crippen molar-refractivity contribution in [2.75, 3.05) is 7.11 Å². The second-order valence-corrected chi connectivity index (χ2v) is 6.67. The van der Waals surface area contributed by atoms with E-state index >= 15 is 0 Å². The molecule has 0 aromatic heterocycles. The molecule has 0 spiro atoms. The molecule has 0 heterocycles. The number of hydrazone groups is 1. The monoisotopic (exact) mass is 433 g/mol. The summed E-state index contributed by atoms with van der Waals surface area (Å²) in [4.78, 5) is 35.2. The third-order valence-electron chi connectivity index (χ3n) is 4.37. The maximum atomic E-state index is 12.3. The largest absolute Gasteiger partial charge is 0.497 e. The van der Waals surface area contributed by atoms with E-state index in [0.717, 1.165) is 5.56 Å². The van der Waals surface area contributed by atoms with Crippen molar-refractivity contribution >= 4 is 23.8 Å². The molecule has 9 nitrogen and oxygen atoms in total. The summed E-state index contributed by atoms with van der Waals surface area (Å²) >= 11 is 0. The zero-order valence-corrected chi connectivity index (χ0v) is 17.3. The maximum Gasteiger partial charge on any atom is 0.343 e. The summed E-state index contributed by atoms with van der Waals surface area (Å²) in [7, 11) is 1.52. The molecular formula is C23H19N3O6. The minimum atomic E-state index is -0.704. The standard InChI is InChI=1S/C23H19N3O6/c1-15-4-3-5-18(12-15)23(28)32-21-11-6-16(13-20(21)26(29)30)14-24-25-22(27)17-7-9-19(31-2)10-8-17/h3-14H,1-2H3,(H,25,27)/b24-14-. The Hall–Kier alpha value is -4.53. The summed E-state index contributed by atoms with van der Waals surface area (Å²) < 4.78 is 10.3. The normalized spacial score (nSPS) is 10.6. The van der Waals surface area contributed by atoms with Crippen LogP contribution in [0.4, 0.5) is 5.69 Å². The van der Waals surface area contributed by atoms with Crippen LogP contribution in [0, 0.1) is 17.0 Å². The first-order valence-corrected chi connectivity index (χ1v) is 9.42. The van der Waals surface area contributed by atoms with Crippen LogP contribution >= 0.6 is 0 Å². The summed E-state index contributed by atoms with van der Waals surface area (Å²) in [5.41, 5.74) is 3.78. The highest BCUT2D eigenvalue weighted by molar-refractivity contribution is 5.95. The molecule has 1 N–H and O–H groups in total. The lowest BCUT2D eigenvalue weighted by molar-refractivity contribution is -0.385. The van der Waals surface area contributed by atoms with E-state index in [1.165, 1.54) is 31.5 Å². The van der Waals surface area contributed by atoms with Crippen LogP contribution in [0.15, 0.2) is 71.8 Å². The van der Waals surface area contributed by atoms with Crippen LogP contribution in [-0.4, -0.2) is 30.1 Å². The first kappa shape index (κ1) is 22.2. The van der Waals surface area contributed by atoms with E-state index in [4.69, 9.17) is 9.47 Å². The van der Waals surface area contributed by atoms with Crippen molar-refractivity contribution in [3.8, 4) is 11.5 Å². The number of ether oxygens (including phenoxy) is 2. The van der Waals surface area contributed by atoms with Crippen LogP contribution in [0.2, 0.25) is 0 Å². The number of nitro groups is 1. The van der Waals surface area contributed by atoms with Crippen molar-refractivity contribution in [3.63, 3.8) is 0 Å². The van der Waals surface area contributed by atoms with Crippen molar-refractivity contribution in [2.24, 2.45) is 5.10 Å². The Morgan fingerprint density at radius 2 is 1.78 bits per heavy atom. The number of hydrogen-bond acceptors (Lipinski definition) is 7. The Labute approximate surface area is 183 Å². The fourth-order valence-corrected chi connectivity index (χ4v) is 2.75. The predicted octanol–water partition coefficient (Wildman–Crippen LogP) is 3.89. The van der Waals surface area contributed by atoms with Crippen molar-refractivity contribution in [3.05, 3.63) is 99.1 Å². The SMILES string of the molecule is COc1ccc(C(=O)N/N=C\c2ccc(OC(=O)c3cccc(C)c3)c([N+](=O)[O-])c2)cc1. The number of nitro benzene ring substituents is 1. The Kier molecular flexibility index (Phi) is 6.92. The molecule has 0 aliphatic rings. The van der Waals surface area contributed by atoms with E-state index in [-0.39, 0.29) is 11.3 Å². The highest BCUT2D eigenvalue weighted by Crippen LogP contribution is 2.28. The molecule has 3 rings (SSSR count). The lowest BCUT2D eigenvalue weighted by atomic mass is 10.1. The summed E-state index contributed by atoms with van der Waals surface area (Å²) in [6.07, 6.45) is 1.25. The highest BCUT2D eigenvalue weighted by atomic mass is 16.6. The number of carbonyl (C=O) groups excluding carboxylic acids is 2. The van der Waals surface area contributed by atoms with Gasteiger partial charge in [0, 0.05) is 17.2 Å². The third-order valence-corrected chi connectivity index (χ3v) is 4.37. The van der Waals surface area contributed by atoms with Gasteiger partial charge in [-0.25, -0.2) is 10.2 Å². The quantitative estimate of drug-likeness (QED) is 0.198. The van der Waals surface area contributed by atoms with Gasteiger partial charge < -0.3 is 9.47 Å². The second-order valence-electron chi connectivity index (χ2n) is 6.67. The molecule has 0 unspecified atom stereocenters. The van der Waals surface area contributed by atoms with E-state index in [0.29, 0.717) is 16.9 Å². The minimum absolute atomic E-state index is 0.194. The molecule has 0 aliphatic carbocycles. The fraction of sp³-hybridized carbons (Fsp3) is 0.0870. The minimum Gasteiger partial charge on any atom is -0.497 e. The van der Waals surface area contributed by atoms with Gasteiger partial charge in [-0.2, -0.15) is 5.10 Å². The summed E-state index contributed by atoms with van der Waals surface area (Å²) in [6.45, 7) is 1.82.